The van der Waals surface area contributed by atoms with Crippen LogP contribution in [0, 0.1) is 0 Å². The number of aliphatic carboxylic acids is 1. The summed E-state index contributed by atoms with van der Waals surface area (Å²) in [6.07, 6.45) is -1.76. The van der Waals surface area contributed by atoms with Gasteiger partial charge in [0.05, 0.1) is 13.7 Å². The molecule has 9 heteroatoms. The first kappa shape index (κ1) is 32.5. The number of rotatable bonds is 10. The Morgan fingerprint density at radius 2 is 1.14 bits per heavy atom. The van der Waals surface area contributed by atoms with Crippen LogP contribution in [0.3, 0.4) is 0 Å². The smallest absolute Gasteiger partial charge is 0.497 e. The number of methoxy groups -OCH3 is 1. The second kappa shape index (κ2) is 13.8. The number of carbonyl (C=O) groups is 3. The highest BCUT2D eigenvalue weighted by Gasteiger charge is 2.33. The molecule has 9 nitrogen and oxygen atoms in total. The molecule has 50 heavy (non-hydrogen) atoms. The molecule has 0 radical (unpaired) electrons. The van der Waals surface area contributed by atoms with Crippen LogP contribution < -0.4 is 9.47 Å². The van der Waals surface area contributed by atoms with Crippen molar-refractivity contribution in [2.45, 2.75) is 31.3 Å². The molecule has 1 N–H and O–H groups in total. The van der Waals surface area contributed by atoms with E-state index in [4.69, 9.17) is 18.9 Å². The molecule has 0 aromatic heterocycles. The molecule has 252 valence electrons. The molecule has 7 rings (SSSR count). The van der Waals surface area contributed by atoms with Crippen LogP contribution in [0.2, 0.25) is 0 Å². The minimum atomic E-state index is -1.25. The van der Waals surface area contributed by atoms with Gasteiger partial charge in [0, 0.05) is 23.5 Å². The first-order valence-corrected chi connectivity index (χ1v) is 16.4. The first-order chi connectivity index (χ1) is 24.3. The Hall–Kier alpha value is -6.09. The van der Waals surface area contributed by atoms with Gasteiger partial charge in [-0.1, -0.05) is 97.1 Å². The molecule has 1 amide bonds. The third kappa shape index (κ3) is 6.14. The largest absolute Gasteiger partial charge is 0.513 e. The molecule has 0 saturated heterocycles. The fourth-order valence-electron chi connectivity index (χ4n) is 6.95. The zero-order valence-electron chi connectivity index (χ0n) is 27.6. The van der Waals surface area contributed by atoms with Crippen molar-refractivity contribution in [3.8, 4) is 33.8 Å². The maximum atomic E-state index is 13.7. The summed E-state index contributed by atoms with van der Waals surface area (Å²) in [5.74, 6) is -1.13. The molecule has 5 aromatic carbocycles. The lowest BCUT2D eigenvalue weighted by Gasteiger charge is -2.27. The highest BCUT2D eigenvalue weighted by atomic mass is 16.7. The number of carboxylic acid groups (broad SMARTS) is 1. The lowest BCUT2D eigenvalue weighted by atomic mass is 9.98. The number of fused-ring (bicyclic) bond motifs is 6. The average molecular weight is 670 g/mol. The number of hydrogen-bond donors (Lipinski definition) is 1. The van der Waals surface area contributed by atoms with Crippen LogP contribution in [-0.4, -0.2) is 54.6 Å². The molecule has 0 saturated carbocycles. The predicted molar refractivity (Wildman–Crippen MR) is 186 cm³/mol. The number of ether oxygens (including phenoxy) is 4. The molecular formula is C41H35NO8. The molecule has 0 fully saturated rings. The number of carboxylic acids is 1. The third-order valence-electron chi connectivity index (χ3n) is 9.53. The Morgan fingerprint density at radius 3 is 1.60 bits per heavy atom. The predicted octanol–water partition coefficient (Wildman–Crippen LogP) is 8.25. The number of benzene rings is 5. The standard InChI is InChI=1S/C41H35NO8/c1-25(39(43)44)42(40(45)48-23-36-32-15-7-3-11-28(32)29-12-4-8-16-33(29)36)22-26-19-20-27(47-2)21-38(26)50-41(46)49-24-37-34-17-9-5-13-30(34)31-14-6-10-18-35(31)37/h3-21,25,36-37H,22-24H2,1-2H3,(H,43,44). The molecule has 1 atom stereocenters. The minimum absolute atomic E-state index is 0.0153. The number of carbonyl (C=O) groups excluding carboxylic acids is 2. The monoisotopic (exact) mass is 669 g/mol. The lowest BCUT2D eigenvalue weighted by Crippen LogP contribution is -2.43. The van der Waals surface area contributed by atoms with E-state index < -0.39 is 24.3 Å². The maximum Gasteiger partial charge on any atom is 0.513 e. The first-order valence-electron chi connectivity index (χ1n) is 16.4. The summed E-state index contributed by atoms with van der Waals surface area (Å²) in [6, 6.07) is 35.4. The van der Waals surface area contributed by atoms with E-state index in [0.29, 0.717) is 11.3 Å². The van der Waals surface area contributed by atoms with Gasteiger partial charge in [0.25, 0.3) is 0 Å². The Labute approximate surface area is 289 Å². The fraction of sp³-hybridized carbons (Fsp3) is 0.195. The van der Waals surface area contributed by atoms with Crippen molar-refractivity contribution in [2.75, 3.05) is 20.3 Å². The van der Waals surface area contributed by atoms with Gasteiger partial charge < -0.3 is 24.1 Å². The quantitative estimate of drug-likeness (QED) is 0.117. The molecule has 5 aromatic rings. The highest BCUT2D eigenvalue weighted by molar-refractivity contribution is 5.82. The van der Waals surface area contributed by atoms with E-state index in [0.717, 1.165) is 49.4 Å². The van der Waals surface area contributed by atoms with E-state index in [1.54, 1.807) is 12.1 Å². The zero-order valence-corrected chi connectivity index (χ0v) is 27.6. The molecule has 2 aliphatic rings. The molecular weight excluding hydrogens is 634 g/mol. The van der Waals surface area contributed by atoms with Crippen molar-refractivity contribution in [3.63, 3.8) is 0 Å². The van der Waals surface area contributed by atoms with E-state index >= 15 is 0 Å². The number of nitrogens with zero attached hydrogens (tertiary/aromatic N) is 1. The summed E-state index contributed by atoms with van der Waals surface area (Å²) < 4.78 is 22.6. The fourth-order valence-corrected chi connectivity index (χ4v) is 6.95. The molecule has 0 aliphatic heterocycles. The summed E-state index contributed by atoms with van der Waals surface area (Å²) in [5, 5.41) is 9.95. The Bertz CT molecular complexity index is 2000. The molecule has 1 unspecified atom stereocenters. The third-order valence-corrected chi connectivity index (χ3v) is 9.53. The van der Waals surface area contributed by atoms with Crippen LogP contribution in [0.15, 0.2) is 115 Å². The van der Waals surface area contributed by atoms with Crippen LogP contribution in [0.5, 0.6) is 11.5 Å². The van der Waals surface area contributed by atoms with Crippen molar-refractivity contribution in [2.24, 2.45) is 0 Å². The minimum Gasteiger partial charge on any atom is -0.497 e. The van der Waals surface area contributed by atoms with Crippen molar-refractivity contribution in [3.05, 3.63) is 143 Å². The second-order valence-corrected chi connectivity index (χ2v) is 12.3. The van der Waals surface area contributed by atoms with Crippen LogP contribution >= 0.6 is 0 Å². The van der Waals surface area contributed by atoms with Gasteiger partial charge >= 0.3 is 18.2 Å². The Balaban J connectivity index is 1.08. The van der Waals surface area contributed by atoms with Gasteiger partial charge in [-0.05, 0) is 63.6 Å². The lowest BCUT2D eigenvalue weighted by molar-refractivity contribution is -0.142. The van der Waals surface area contributed by atoms with Gasteiger partial charge in [-0.15, -0.1) is 0 Å². The van der Waals surface area contributed by atoms with E-state index in [2.05, 4.69) is 12.1 Å². The normalized spacial score (nSPS) is 13.3. The molecule has 0 heterocycles. The summed E-state index contributed by atoms with van der Waals surface area (Å²) in [4.78, 5) is 40.1. The van der Waals surface area contributed by atoms with Gasteiger partial charge in [-0.2, -0.15) is 0 Å². The summed E-state index contributed by atoms with van der Waals surface area (Å²) >= 11 is 0. The zero-order chi connectivity index (χ0) is 34.8. The van der Waals surface area contributed by atoms with Crippen LogP contribution in [0.4, 0.5) is 9.59 Å². The summed E-state index contributed by atoms with van der Waals surface area (Å²) in [6.45, 7) is 1.25. The van der Waals surface area contributed by atoms with Gasteiger partial charge in [-0.25, -0.2) is 14.4 Å². The highest BCUT2D eigenvalue weighted by Crippen LogP contribution is 2.46. The molecule has 2 aliphatic carbocycles. The Morgan fingerprint density at radius 1 is 0.680 bits per heavy atom. The molecule has 0 bridgehead atoms. The van der Waals surface area contributed by atoms with Crippen LogP contribution in [0.1, 0.15) is 46.6 Å². The molecule has 0 spiro atoms. The van der Waals surface area contributed by atoms with E-state index in [1.807, 2.05) is 84.9 Å². The topological polar surface area (TPSA) is 112 Å². The van der Waals surface area contributed by atoms with E-state index in [-0.39, 0.29) is 37.3 Å². The van der Waals surface area contributed by atoms with Gasteiger partial charge in [-0.3, -0.25) is 4.90 Å². The van der Waals surface area contributed by atoms with Gasteiger partial charge in [0.15, 0.2) is 0 Å². The second-order valence-electron chi connectivity index (χ2n) is 12.3. The van der Waals surface area contributed by atoms with Crippen LogP contribution in [-0.2, 0) is 20.8 Å². The van der Waals surface area contributed by atoms with Crippen LogP contribution in [0.25, 0.3) is 22.3 Å². The maximum absolute atomic E-state index is 13.7. The van der Waals surface area contributed by atoms with Crippen molar-refractivity contribution in [1.82, 2.24) is 4.90 Å². The number of hydrogen-bond acceptors (Lipinski definition) is 7. The summed E-state index contributed by atoms with van der Waals surface area (Å²) in [5.41, 5.74) is 8.90. The number of amides is 1. The van der Waals surface area contributed by atoms with Crippen molar-refractivity contribution in [1.29, 1.82) is 0 Å². The van der Waals surface area contributed by atoms with Crippen molar-refractivity contribution < 1.29 is 38.4 Å². The Kier molecular flexibility index (Phi) is 8.96. The average Bonchev–Trinajstić information content (AvgIpc) is 3.64. The van der Waals surface area contributed by atoms with Gasteiger partial charge in [0.2, 0.25) is 0 Å². The summed E-state index contributed by atoms with van der Waals surface area (Å²) in [7, 11) is 1.47. The van der Waals surface area contributed by atoms with E-state index in [9.17, 15) is 19.5 Å². The van der Waals surface area contributed by atoms with E-state index in [1.165, 1.54) is 20.1 Å². The van der Waals surface area contributed by atoms with Gasteiger partial charge in [0.1, 0.15) is 30.8 Å². The van der Waals surface area contributed by atoms with Crippen molar-refractivity contribution >= 4 is 18.2 Å². The SMILES string of the molecule is COc1ccc(CN(C(=O)OCC2c3ccccc3-c3ccccc32)C(C)C(=O)O)c(OC(=O)OCC2c3ccccc3-c3ccccc32)c1.